The predicted octanol–water partition coefficient (Wildman–Crippen LogP) is 0.0922. The maximum atomic E-state index is 11.8. The zero-order chi connectivity index (χ0) is 13.8. The maximum absolute atomic E-state index is 11.8. The van der Waals surface area contributed by atoms with Crippen LogP contribution in [0.15, 0.2) is 35.4 Å². The van der Waals surface area contributed by atoms with Crippen molar-refractivity contribution in [3.8, 4) is 6.07 Å². The molecule has 7 heteroatoms. The molecule has 1 aromatic heterocycles. The molecule has 96 valence electrons. The zero-order valence-electron chi connectivity index (χ0n) is 10.2. The number of nitrogens with zero attached hydrogens (tertiary/aromatic N) is 4. The van der Waals surface area contributed by atoms with E-state index in [9.17, 15) is 9.59 Å². The van der Waals surface area contributed by atoms with E-state index in [1.54, 1.807) is 31.3 Å². The van der Waals surface area contributed by atoms with Crippen molar-refractivity contribution in [3.63, 3.8) is 0 Å². The second-order valence-corrected chi connectivity index (χ2v) is 3.89. The van der Waals surface area contributed by atoms with E-state index in [1.165, 1.54) is 10.9 Å². The standard InChI is InChI=1S/C12H11N5O2/c1-16-8-14-17(12(16)19)7-11(18)15-10-5-3-2-4-9(10)6-13/h2-5,8H,7H2,1H3,(H,15,18). The Morgan fingerprint density at radius 1 is 1.47 bits per heavy atom. The van der Waals surface area contributed by atoms with E-state index in [2.05, 4.69) is 10.4 Å². The molecule has 0 fully saturated rings. The molecule has 0 aliphatic rings. The number of benzene rings is 1. The van der Waals surface area contributed by atoms with Crippen molar-refractivity contribution in [3.05, 3.63) is 46.6 Å². The maximum Gasteiger partial charge on any atom is 0.345 e. The van der Waals surface area contributed by atoms with Gasteiger partial charge in [-0.3, -0.25) is 9.36 Å². The molecule has 0 saturated heterocycles. The van der Waals surface area contributed by atoms with Crippen LogP contribution >= 0.6 is 0 Å². The Balaban J connectivity index is 2.12. The Bertz CT molecular complexity index is 707. The monoisotopic (exact) mass is 257 g/mol. The normalized spacial score (nSPS) is 9.89. The minimum Gasteiger partial charge on any atom is -0.323 e. The summed E-state index contributed by atoms with van der Waals surface area (Å²) in [6, 6.07) is 8.62. The van der Waals surface area contributed by atoms with Gasteiger partial charge in [-0.15, -0.1) is 0 Å². The Morgan fingerprint density at radius 3 is 2.84 bits per heavy atom. The molecular weight excluding hydrogens is 246 g/mol. The largest absolute Gasteiger partial charge is 0.345 e. The Hall–Kier alpha value is -2.88. The van der Waals surface area contributed by atoms with Crippen molar-refractivity contribution in [1.29, 1.82) is 5.26 Å². The molecule has 0 spiro atoms. The van der Waals surface area contributed by atoms with Gasteiger partial charge in [-0.05, 0) is 12.1 Å². The molecule has 0 unspecified atom stereocenters. The number of para-hydroxylation sites is 1. The van der Waals surface area contributed by atoms with Crippen LogP contribution in [0.1, 0.15) is 5.56 Å². The smallest absolute Gasteiger partial charge is 0.323 e. The molecule has 2 aromatic rings. The molecule has 0 aliphatic carbocycles. The third kappa shape index (κ3) is 2.69. The summed E-state index contributed by atoms with van der Waals surface area (Å²) in [4.78, 5) is 23.3. The Kier molecular flexibility index (Phi) is 3.43. The Labute approximate surface area is 108 Å². The van der Waals surface area contributed by atoms with Crippen molar-refractivity contribution < 1.29 is 4.79 Å². The van der Waals surface area contributed by atoms with Crippen molar-refractivity contribution in [2.45, 2.75) is 6.54 Å². The third-order valence-electron chi connectivity index (χ3n) is 2.50. The zero-order valence-corrected chi connectivity index (χ0v) is 10.2. The first-order valence-corrected chi connectivity index (χ1v) is 5.49. The van der Waals surface area contributed by atoms with Gasteiger partial charge >= 0.3 is 5.69 Å². The first-order valence-electron chi connectivity index (χ1n) is 5.49. The summed E-state index contributed by atoms with van der Waals surface area (Å²) in [7, 11) is 1.55. The minimum atomic E-state index is -0.413. The van der Waals surface area contributed by atoms with Crippen LogP contribution in [-0.2, 0) is 18.4 Å². The number of nitriles is 1. The number of rotatable bonds is 3. The summed E-state index contributed by atoms with van der Waals surface area (Å²) in [5.41, 5.74) is 0.409. The molecule has 1 N–H and O–H groups in total. The molecule has 1 heterocycles. The Morgan fingerprint density at radius 2 is 2.21 bits per heavy atom. The highest BCUT2D eigenvalue weighted by molar-refractivity contribution is 5.91. The molecule has 1 aromatic carbocycles. The molecule has 7 nitrogen and oxygen atoms in total. The van der Waals surface area contributed by atoms with Gasteiger partial charge in [0.1, 0.15) is 18.9 Å². The summed E-state index contributed by atoms with van der Waals surface area (Å²) in [6.07, 6.45) is 1.33. The number of anilines is 1. The summed E-state index contributed by atoms with van der Waals surface area (Å²) >= 11 is 0. The molecule has 0 atom stereocenters. The van der Waals surface area contributed by atoms with Gasteiger partial charge in [0, 0.05) is 7.05 Å². The number of aryl methyl sites for hydroxylation is 1. The van der Waals surface area contributed by atoms with Crippen molar-refractivity contribution in [2.75, 3.05) is 5.32 Å². The van der Waals surface area contributed by atoms with Crippen molar-refractivity contribution in [2.24, 2.45) is 7.05 Å². The molecule has 19 heavy (non-hydrogen) atoms. The number of aromatic nitrogens is 3. The van der Waals surface area contributed by atoms with Crippen molar-refractivity contribution in [1.82, 2.24) is 14.3 Å². The molecule has 1 amide bonds. The number of hydrogen-bond donors (Lipinski definition) is 1. The minimum absolute atomic E-state index is 0.195. The van der Waals surface area contributed by atoms with Crippen LogP contribution in [0.3, 0.4) is 0 Å². The lowest BCUT2D eigenvalue weighted by molar-refractivity contribution is -0.117. The molecule has 0 radical (unpaired) electrons. The van der Waals surface area contributed by atoms with E-state index < -0.39 is 5.91 Å². The van der Waals surface area contributed by atoms with Gasteiger partial charge in [0.05, 0.1) is 11.3 Å². The average molecular weight is 257 g/mol. The molecular formula is C12H11N5O2. The summed E-state index contributed by atoms with van der Waals surface area (Å²) < 4.78 is 2.32. The quantitative estimate of drug-likeness (QED) is 0.843. The molecule has 2 rings (SSSR count). The second kappa shape index (κ2) is 5.18. The number of nitrogens with one attached hydrogen (secondary N) is 1. The summed E-state index contributed by atoms with van der Waals surface area (Å²) in [5, 5.41) is 15.3. The summed E-state index contributed by atoms with van der Waals surface area (Å²) in [5.74, 6) is -0.413. The van der Waals surface area contributed by atoms with Gasteiger partial charge < -0.3 is 5.32 Å². The second-order valence-electron chi connectivity index (χ2n) is 3.89. The predicted molar refractivity (Wildman–Crippen MR) is 67.3 cm³/mol. The lowest BCUT2D eigenvalue weighted by Crippen LogP contribution is -2.29. The number of amides is 1. The third-order valence-corrected chi connectivity index (χ3v) is 2.50. The topological polar surface area (TPSA) is 92.7 Å². The van der Waals surface area contributed by atoms with Gasteiger partial charge in [0.15, 0.2) is 0 Å². The first kappa shape index (κ1) is 12.6. The van der Waals surface area contributed by atoms with Gasteiger partial charge in [0.2, 0.25) is 5.91 Å². The number of carbonyl (C=O) groups is 1. The van der Waals surface area contributed by atoms with Crippen LogP contribution in [0.25, 0.3) is 0 Å². The number of hydrogen-bond acceptors (Lipinski definition) is 4. The van der Waals surface area contributed by atoms with Gasteiger partial charge in [-0.1, -0.05) is 12.1 Å². The van der Waals surface area contributed by atoms with Gasteiger partial charge in [0.25, 0.3) is 0 Å². The SMILES string of the molecule is Cn1cnn(CC(=O)Nc2ccccc2C#N)c1=O. The van der Waals surface area contributed by atoms with Gasteiger partial charge in [-0.2, -0.15) is 10.4 Å². The summed E-state index contributed by atoms with van der Waals surface area (Å²) in [6.45, 7) is -0.195. The molecule has 0 bridgehead atoms. The molecule has 0 aliphatic heterocycles. The fraction of sp³-hybridized carbons (Fsp3) is 0.167. The van der Waals surface area contributed by atoms with Crippen LogP contribution < -0.4 is 11.0 Å². The van der Waals surface area contributed by atoms with Crippen LogP contribution in [0.2, 0.25) is 0 Å². The van der Waals surface area contributed by atoms with E-state index in [1.807, 2.05) is 6.07 Å². The first-order chi connectivity index (χ1) is 9.11. The van der Waals surface area contributed by atoms with Crippen LogP contribution in [0.5, 0.6) is 0 Å². The highest BCUT2D eigenvalue weighted by atomic mass is 16.2. The van der Waals surface area contributed by atoms with Gasteiger partial charge in [-0.25, -0.2) is 9.48 Å². The van der Waals surface area contributed by atoms with Crippen LogP contribution in [-0.4, -0.2) is 20.3 Å². The van der Waals surface area contributed by atoms with E-state index in [-0.39, 0.29) is 12.2 Å². The molecule has 0 saturated carbocycles. The van der Waals surface area contributed by atoms with E-state index in [4.69, 9.17) is 5.26 Å². The fourth-order valence-corrected chi connectivity index (χ4v) is 1.54. The fourth-order valence-electron chi connectivity index (χ4n) is 1.54. The van der Waals surface area contributed by atoms with E-state index in [0.29, 0.717) is 11.3 Å². The highest BCUT2D eigenvalue weighted by Crippen LogP contribution is 2.13. The van der Waals surface area contributed by atoms with Crippen LogP contribution in [0.4, 0.5) is 5.69 Å². The van der Waals surface area contributed by atoms with E-state index >= 15 is 0 Å². The average Bonchev–Trinajstić information content (AvgIpc) is 2.71. The van der Waals surface area contributed by atoms with Crippen LogP contribution in [0, 0.1) is 11.3 Å². The number of carbonyl (C=O) groups excluding carboxylic acids is 1. The highest BCUT2D eigenvalue weighted by Gasteiger charge is 2.09. The van der Waals surface area contributed by atoms with E-state index in [0.717, 1.165) is 4.68 Å². The lowest BCUT2D eigenvalue weighted by atomic mass is 10.2. The lowest BCUT2D eigenvalue weighted by Gasteiger charge is -2.06. The van der Waals surface area contributed by atoms with Crippen molar-refractivity contribution >= 4 is 11.6 Å².